The summed E-state index contributed by atoms with van der Waals surface area (Å²) in [7, 11) is 3.28. The minimum atomic E-state index is -0.735. The predicted octanol–water partition coefficient (Wildman–Crippen LogP) is 4.49. The number of ether oxygens (including phenoxy) is 10. The Morgan fingerprint density at radius 1 is 0.577 bits per heavy atom. The van der Waals surface area contributed by atoms with Gasteiger partial charge in [0.15, 0.2) is 24.2 Å². The van der Waals surface area contributed by atoms with Crippen molar-refractivity contribution in [1.29, 1.82) is 0 Å². The number of nitrogens with one attached hydrogen (secondary N) is 2. The highest BCUT2D eigenvalue weighted by molar-refractivity contribution is 5.70. The van der Waals surface area contributed by atoms with Crippen LogP contribution < -0.4 is 10.6 Å². The molecule has 4 saturated heterocycles. The average Bonchev–Trinajstić information content (AvgIpc) is 3.77. The standard InChI is InChI=1S/C38H68N2O12/c1-9-45-27(41)23-25(29-31(43-7)33-35(47-29)51-37(3,4)49-33)39-21-19-17-15-13-11-12-14-16-18-20-22-40-26(24-28(42)46-10-2)30-32(44-8)34-36(48-30)52-38(5,6)50-34/h25-26,29-36,39-40H,9-24H2,1-8H3/t25?,26?,29-,30+,31+,32-,33-,34+,35-,36+. The molecule has 0 amide bonds. The summed E-state index contributed by atoms with van der Waals surface area (Å²) >= 11 is 0. The summed E-state index contributed by atoms with van der Waals surface area (Å²) in [6.07, 6.45) is 8.68. The Labute approximate surface area is 311 Å². The molecule has 4 aliphatic rings. The molecule has 0 spiro atoms. The Morgan fingerprint density at radius 3 is 1.25 bits per heavy atom. The van der Waals surface area contributed by atoms with Crippen molar-refractivity contribution in [2.75, 3.05) is 40.5 Å². The highest BCUT2D eigenvalue weighted by atomic mass is 16.9. The van der Waals surface area contributed by atoms with Gasteiger partial charge < -0.3 is 58.0 Å². The van der Waals surface area contributed by atoms with Crippen molar-refractivity contribution in [2.24, 2.45) is 0 Å². The maximum absolute atomic E-state index is 12.4. The van der Waals surface area contributed by atoms with Gasteiger partial charge in [0.05, 0.1) is 26.1 Å². The molecule has 4 aliphatic heterocycles. The van der Waals surface area contributed by atoms with E-state index in [0.717, 1.165) is 38.8 Å². The van der Waals surface area contributed by atoms with Crippen molar-refractivity contribution in [3.8, 4) is 0 Å². The van der Waals surface area contributed by atoms with E-state index in [1.54, 1.807) is 14.2 Å². The van der Waals surface area contributed by atoms with Gasteiger partial charge in [-0.1, -0.05) is 51.4 Å². The fraction of sp³-hybridized carbons (Fsp3) is 0.947. The molecule has 14 heteroatoms. The van der Waals surface area contributed by atoms with Crippen LogP contribution in [-0.4, -0.2) is 125 Å². The Bertz CT molecular complexity index is 997. The Balaban J connectivity index is 1.06. The van der Waals surface area contributed by atoms with Gasteiger partial charge in [0, 0.05) is 26.3 Å². The largest absolute Gasteiger partial charge is 0.466 e. The molecule has 0 aliphatic carbocycles. The SMILES string of the molecule is CCOC(=O)CC(NCCCCCCCCCCCCNC(CC(=O)OCC)[C@@H]1O[C@H]2OC(C)(C)O[C@H]2[C@@H]1OC)[C@H]1O[C@@H]2OC(C)(C)O[C@@H]2[C@H]1OC. The van der Waals surface area contributed by atoms with E-state index in [1.807, 2.05) is 41.5 Å². The minimum Gasteiger partial charge on any atom is -0.466 e. The van der Waals surface area contributed by atoms with Gasteiger partial charge in [-0.05, 0) is 67.5 Å². The second-order valence-corrected chi connectivity index (χ2v) is 15.2. The molecule has 302 valence electrons. The molecule has 52 heavy (non-hydrogen) atoms. The zero-order valence-electron chi connectivity index (χ0n) is 33.0. The molecular weight excluding hydrogens is 676 g/mol. The number of rotatable bonds is 25. The van der Waals surface area contributed by atoms with Gasteiger partial charge >= 0.3 is 11.9 Å². The maximum Gasteiger partial charge on any atom is 0.307 e. The first-order valence-electron chi connectivity index (χ1n) is 19.8. The molecule has 4 fully saturated rings. The number of methoxy groups -OCH3 is 2. The van der Waals surface area contributed by atoms with E-state index in [9.17, 15) is 9.59 Å². The molecule has 0 bridgehead atoms. The topological polar surface area (TPSA) is 150 Å². The lowest BCUT2D eigenvalue weighted by Gasteiger charge is -2.30. The molecule has 0 aromatic rings. The summed E-state index contributed by atoms with van der Waals surface area (Å²) in [4.78, 5) is 24.9. The molecular formula is C38H68N2O12. The maximum atomic E-state index is 12.4. The van der Waals surface area contributed by atoms with Crippen molar-refractivity contribution in [2.45, 2.75) is 191 Å². The van der Waals surface area contributed by atoms with Crippen LogP contribution in [0.4, 0.5) is 0 Å². The molecule has 4 heterocycles. The van der Waals surface area contributed by atoms with Gasteiger partial charge in [-0.2, -0.15) is 0 Å². The molecule has 10 atom stereocenters. The summed E-state index contributed by atoms with van der Waals surface area (Å²) in [5, 5.41) is 7.09. The summed E-state index contributed by atoms with van der Waals surface area (Å²) in [5.74, 6) is -1.99. The molecule has 2 unspecified atom stereocenters. The summed E-state index contributed by atoms with van der Waals surface area (Å²) in [6.45, 7) is 13.3. The summed E-state index contributed by atoms with van der Waals surface area (Å²) in [6, 6.07) is -0.531. The van der Waals surface area contributed by atoms with E-state index in [0.29, 0.717) is 13.2 Å². The minimum absolute atomic E-state index is 0.193. The van der Waals surface area contributed by atoms with Gasteiger partial charge in [-0.15, -0.1) is 0 Å². The lowest BCUT2D eigenvalue weighted by molar-refractivity contribution is -0.220. The molecule has 0 aromatic heterocycles. The number of fused-ring (bicyclic) bond motifs is 2. The third-order valence-electron chi connectivity index (χ3n) is 10.2. The van der Waals surface area contributed by atoms with Gasteiger partial charge in [-0.3, -0.25) is 9.59 Å². The van der Waals surface area contributed by atoms with Crippen LogP contribution in [0.25, 0.3) is 0 Å². The van der Waals surface area contributed by atoms with Crippen molar-refractivity contribution in [3.05, 3.63) is 0 Å². The molecule has 0 aromatic carbocycles. The van der Waals surface area contributed by atoms with Gasteiger partial charge in [0.25, 0.3) is 0 Å². The van der Waals surface area contributed by atoms with E-state index < -0.39 is 24.2 Å². The van der Waals surface area contributed by atoms with E-state index in [2.05, 4.69) is 10.6 Å². The van der Waals surface area contributed by atoms with Crippen molar-refractivity contribution >= 4 is 11.9 Å². The second kappa shape index (κ2) is 21.0. The number of hydrogen-bond acceptors (Lipinski definition) is 14. The quantitative estimate of drug-likeness (QED) is 0.0998. The van der Waals surface area contributed by atoms with Crippen LogP contribution in [0.1, 0.15) is 119 Å². The number of hydrogen-bond donors (Lipinski definition) is 2. The smallest absolute Gasteiger partial charge is 0.307 e. The van der Waals surface area contributed by atoms with Crippen LogP contribution in [0, 0.1) is 0 Å². The van der Waals surface area contributed by atoms with Crippen LogP contribution in [0.5, 0.6) is 0 Å². The molecule has 4 rings (SSSR count). The van der Waals surface area contributed by atoms with Crippen LogP contribution in [-0.2, 0) is 57.0 Å². The van der Waals surface area contributed by atoms with Gasteiger partial charge in [0.2, 0.25) is 0 Å². The fourth-order valence-electron chi connectivity index (χ4n) is 7.84. The predicted molar refractivity (Wildman–Crippen MR) is 191 cm³/mol. The third-order valence-corrected chi connectivity index (χ3v) is 10.2. The zero-order valence-corrected chi connectivity index (χ0v) is 33.0. The number of unbranched alkanes of at least 4 members (excludes halogenated alkanes) is 9. The lowest BCUT2D eigenvalue weighted by atomic mass is 10.00. The molecule has 0 saturated carbocycles. The number of carbonyl (C=O) groups excluding carboxylic acids is 2. The van der Waals surface area contributed by atoms with E-state index in [-0.39, 0.29) is 73.5 Å². The number of esters is 2. The van der Waals surface area contributed by atoms with Crippen LogP contribution in [0.15, 0.2) is 0 Å². The van der Waals surface area contributed by atoms with Gasteiger partial charge in [-0.25, -0.2) is 0 Å². The molecule has 14 nitrogen and oxygen atoms in total. The Kier molecular flexibility index (Phi) is 17.5. The Morgan fingerprint density at radius 2 is 0.923 bits per heavy atom. The normalized spacial score (nSPS) is 31.3. The summed E-state index contributed by atoms with van der Waals surface area (Å²) in [5.41, 5.74) is 0. The fourth-order valence-corrected chi connectivity index (χ4v) is 7.84. The van der Waals surface area contributed by atoms with Crippen LogP contribution in [0.2, 0.25) is 0 Å². The zero-order chi connectivity index (χ0) is 37.7. The van der Waals surface area contributed by atoms with Crippen molar-refractivity contribution in [3.63, 3.8) is 0 Å². The van der Waals surface area contributed by atoms with Crippen LogP contribution >= 0.6 is 0 Å². The second-order valence-electron chi connectivity index (χ2n) is 15.2. The highest BCUT2D eigenvalue weighted by Crippen LogP contribution is 2.41. The number of carbonyl (C=O) groups is 2. The first-order chi connectivity index (χ1) is 24.9. The lowest BCUT2D eigenvalue weighted by Crippen LogP contribution is -2.49. The van der Waals surface area contributed by atoms with Gasteiger partial charge in [0.1, 0.15) is 36.6 Å². The first kappa shape index (κ1) is 43.3. The third kappa shape index (κ3) is 12.5. The molecule has 0 radical (unpaired) electrons. The van der Waals surface area contributed by atoms with Crippen LogP contribution in [0.3, 0.4) is 0 Å². The van der Waals surface area contributed by atoms with E-state index in [1.165, 1.54) is 38.5 Å². The van der Waals surface area contributed by atoms with Crippen molar-refractivity contribution < 1.29 is 57.0 Å². The average molecular weight is 745 g/mol. The first-order valence-corrected chi connectivity index (χ1v) is 19.8. The summed E-state index contributed by atoms with van der Waals surface area (Å²) < 4.78 is 58.5. The Hall–Kier alpha value is -1.46. The highest BCUT2D eigenvalue weighted by Gasteiger charge is 2.58. The van der Waals surface area contributed by atoms with E-state index in [4.69, 9.17) is 47.4 Å². The monoisotopic (exact) mass is 744 g/mol. The van der Waals surface area contributed by atoms with Crippen molar-refractivity contribution in [1.82, 2.24) is 10.6 Å². The van der Waals surface area contributed by atoms with E-state index >= 15 is 0 Å². The molecule has 2 N–H and O–H groups in total.